The van der Waals surface area contributed by atoms with Gasteiger partial charge >= 0.3 is 6.09 Å². The largest absolute Gasteiger partial charge is 0.442 e. The molecule has 20 heavy (non-hydrogen) atoms. The van der Waals surface area contributed by atoms with Crippen LogP contribution in [-0.4, -0.2) is 25.4 Å². The summed E-state index contributed by atoms with van der Waals surface area (Å²) in [5.74, 6) is 0. The summed E-state index contributed by atoms with van der Waals surface area (Å²) in [5.41, 5.74) is 2.80. The highest BCUT2D eigenvalue weighted by Gasteiger charge is 2.16. The normalized spacial score (nSPS) is 12.8. The van der Waals surface area contributed by atoms with Crippen molar-refractivity contribution >= 4 is 6.09 Å². The van der Waals surface area contributed by atoms with Crippen molar-refractivity contribution in [1.82, 2.24) is 5.48 Å². The summed E-state index contributed by atoms with van der Waals surface area (Å²) in [5, 5.41) is 0. The van der Waals surface area contributed by atoms with Gasteiger partial charge in [0.25, 0.3) is 0 Å². The molecule has 5 nitrogen and oxygen atoms in total. The van der Waals surface area contributed by atoms with Gasteiger partial charge in [-0.15, -0.1) is 0 Å². The molecule has 1 N–H and O–H groups in total. The minimum Gasteiger partial charge on any atom is -0.442 e. The summed E-state index contributed by atoms with van der Waals surface area (Å²) in [6.07, 6.45) is -0.0149. The molecule has 0 saturated carbocycles. The number of amides is 1. The molecule has 0 aliphatic rings. The van der Waals surface area contributed by atoms with Crippen molar-refractivity contribution in [3.05, 3.63) is 35.9 Å². The van der Waals surface area contributed by atoms with Crippen molar-refractivity contribution in [3.8, 4) is 0 Å². The maximum Gasteiger partial charge on any atom is 0.431 e. The average molecular weight is 281 g/mol. The van der Waals surface area contributed by atoms with Crippen LogP contribution in [0.1, 0.15) is 38.9 Å². The fourth-order valence-corrected chi connectivity index (χ4v) is 1.66. The molecule has 0 saturated heterocycles. The summed E-state index contributed by atoms with van der Waals surface area (Å²) >= 11 is 0. The number of ether oxygens (including phenoxy) is 2. The molecule has 1 aromatic rings. The van der Waals surface area contributed by atoms with Crippen molar-refractivity contribution < 1.29 is 19.1 Å². The van der Waals surface area contributed by atoms with Crippen molar-refractivity contribution in [3.63, 3.8) is 0 Å². The van der Waals surface area contributed by atoms with Crippen LogP contribution < -0.4 is 5.48 Å². The second-order valence-electron chi connectivity index (χ2n) is 5.38. The third kappa shape index (κ3) is 6.54. The third-order valence-electron chi connectivity index (χ3n) is 2.49. The van der Waals surface area contributed by atoms with Crippen molar-refractivity contribution in [2.24, 2.45) is 0 Å². The van der Waals surface area contributed by atoms with Gasteiger partial charge in [-0.3, -0.25) is 4.84 Å². The van der Waals surface area contributed by atoms with Gasteiger partial charge in [0.15, 0.2) is 0 Å². The van der Waals surface area contributed by atoms with Crippen LogP contribution in [0, 0.1) is 0 Å². The van der Waals surface area contributed by atoms with Crippen molar-refractivity contribution in [1.29, 1.82) is 0 Å². The zero-order valence-corrected chi connectivity index (χ0v) is 12.5. The minimum absolute atomic E-state index is 0.0587. The Morgan fingerprint density at radius 1 is 1.25 bits per heavy atom. The second-order valence-corrected chi connectivity index (χ2v) is 5.38. The first-order valence-corrected chi connectivity index (χ1v) is 6.61. The van der Waals surface area contributed by atoms with E-state index >= 15 is 0 Å². The first kappa shape index (κ1) is 16.5. The molecule has 0 bridgehead atoms. The van der Waals surface area contributed by atoms with Gasteiger partial charge in [-0.1, -0.05) is 30.3 Å². The Balaban J connectivity index is 2.28. The molecule has 0 unspecified atom stereocenters. The number of nitrogens with one attached hydrogen (secondary N) is 1. The maximum absolute atomic E-state index is 11.4. The fraction of sp³-hybridized carbons (Fsp3) is 0.533. The molecule has 0 fully saturated rings. The van der Waals surface area contributed by atoms with Gasteiger partial charge in [0, 0.05) is 13.5 Å². The number of hydrogen-bond donors (Lipinski definition) is 1. The van der Waals surface area contributed by atoms with E-state index in [2.05, 4.69) is 5.48 Å². The molecule has 1 rings (SSSR count). The molecule has 0 spiro atoms. The molecule has 0 aliphatic heterocycles. The molecular formula is C15H23NO4. The Labute approximate surface area is 120 Å². The van der Waals surface area contributed by atoms with Crippen molar-refractivity contribution in [2.75, 3.05) is 13.7 Å². The van der Waals surface area contributed by atoms with Crippen LogP contribution in [0.2, 0.25) is 0 Å². The fourth-order valence-electron chi connectivity index (χ4n) is 1.66. The second kappa shape index (κ2) is 7.87. The molecule has 112 valence electrons. The molecule has 5 heteroatoms. The van der Waals surface area contributed by atoms with E-state index in [-0.39, 0.29) is 6.10 Å². The number of hydroxylamine groups is 1. The van der Waals surface area contributed by atoms with Crippen molar-refractivity contribution in [2.45, 2.75) is 38.9 Å². The highest BCUT2D eigenvalue weighted by molar-refractivity contribution is 5.66. The molecule has 1 atom stereocenters. The third-order valence-corrected chi connectivity index (χ3v) is 2.49. The zero-order valence-electron chi connectivity index (χ0n) is 12.5. The number of rotatable bonds is 6. The van der Waals surface area contributed by atoms with E-state index in [1.807, 2.05) is 30.3 Å². The topological polar surface area (TPSA) is 56.8 Å². The summed E-state index contributed by atoms with van der Waals surface area (Å²) in [6.45, 7) is 5.72. The lowest BCUT2D eigenvalue weighted by Crippen LogP contribution is -2.33. The first-order chi connectivity index (χ1) is 9.42. The lowest BCUT2D eigenvalue weighted by Gasteiger charge is -2.20. The Kier molecular flexibility index (Phi) is 6.48. The Bertz CT molecular complexity index is 400. The lowest BCUT2D eigenvalue weighted by atomic mass is 10.1. The van der Waals surface area contributed by atoms with E-state index < -0.39 is 11.7 Å². The van der Waals surface area contributed by atoms with Crippen LogP contribution in [0.3, 0.4) is 0 Å². The SMILES string of the molecule is CO[C@H](CCONC(=O)OC(C)(C)C)c1ccccc1. The molecule has 0 aliphatic carbocycles. The molecular weight excluding hydrogens is 258 g/mol. The average Bonchev–Trinajstić information content (AvgIpc) is 2.38. The van der Waals surface area contributed by atoms with E-state index in [0.717, 1.165) is 5.56 Å². The van der Waals surface area contributed by atoms with Crippen LogP contribution in [0.15, 0.2) is 30.3 Å². The van der Waals surface area contributed by atoms with Crippen LogP contribution >= 0.6 is 0 Å². The maximum atomic E-state index is 11.4. The van der Waals surface area contributed by atoms with E-state index in [1.54, 1.807) is 27.9 Å². The van der Waals surface area contributed by atoms with Gasteiger partial charge in [0.2, 0.25) is 0 Å². The smallest absolute Gasteiger partial charge is 0.431 e. The van der Waals surface area contributed by atoms with E-state index in [1.165, 1.54) is 0 Å². The number of carbonyl (C=O) groups excluding carboxylic acids is 1. The standard InChI is InChI=1S/C15H23NO4/c1-15(2,3)20-14(17)16-19-11-10-13(18-4)12-8-6-5-7-9-12/h5-9,13H,10-11H2,1-4H3,(H,16,17)/t13-/m1/s1. The van der Waals surface area contributed by atoms with E-state index in [0.29, 0.717) is 13.0 Å². The molecule has 1 aromatic carbocycles. The van der Waals surface area contributed by atoms with Gasteiger partial charge in [-0.25, -0.2) is 4.79 Å². The Morgan fingerprint density at radius 3 is 2.45 bits per heavy atom. The van der Waals surface area contributed by atoms with E-state index in [9.17, 15) is 4.79 Å². The van der Waals surface area contributed by atoms with Crippen LogP contribution in [0.5, 0.6) is 0 Å². The number of carbonyl (C=O) groups is 1. The van der Waals surface area contributed by atoms with Crippen LogP contribution in [-0.2, 0) is 14.3 Å². The first-order valence-electron chi connectivity index (χ1n) is 6.61. The molecule has 0 radical (unpaired) electrons. The number of hydrogen-bond acceptors (Lipinski definition) is 4. The van der Waals surface area contributed by atoms with Gasteiger partial charge in [0.1, 0.15) is 5.60 Å². The van der Waals surface area contributed by atoms with Gasteiger partial charge in [-0.05, 0) is 26.3 Å². The summed E-state index contributed by atoms with van der Waals surface area (Å²) in [4.78, 5) is 16.4. The zero-order chi connectivity index (χ0) is 15.0. The summed E-state index contributed by atoms with van der Waals surface area (Å²) in [6, 6.07) is 9.87. The quantitative estimate of drug-likeness (QED) is 0.642. The van der Waals surface area contributed by atoms with E-state index in [4.69, 9.17) is 14.3 Å². The summed E-state index contributed by atoms with van der Waals surface area (Å²) in [7, 11) is 1.65. The van der Waals surface area contributed by atoms with Crippen LogP contribution in [0.25, 0.3) is 0 Å². The van der Waals surface area contributed by atoms with Gasteiger partial charge in [-0.2, -0.15) is 5.48 Å². The number of methoxy groups -OCH3 is 1. The minimum atomic E-state index is -0.592. The Morgan fingerprint density at radius 2 is 1.90 bits per heavy atom. The summed E-state index contributed by atoms with van der Waals surface area (Å²) < 4.78 is 10.4. The monoisotopic (exact) mass is 281 g/mol. The highest BCUT2D eigenvalue weighted by atomic mass is 16.7. The van der Waals surface area contributed by atoms with Gasteiger partial charge < -0.3 is 9.47 Å². The predicted octanol–water partition coefficient (Wildman–Crippen LogP) is 3.22. The lowest BCUT2D eigenvalue weighted by molar-refractivity contribution is -0.0202. The number of benzene rings is 1. The predicted molar refractivity (Wildman–Crippen MR) is 76.1 cm³/mol. The van der Waals surface area contributed by atoms with Crippen LogP contribution in [0.4, 0.5) is 4.79 Å². The molecule has 1 amide bonds. The molecule has 0 heterocycles. The van der Waals surface area contributed by atoms with Gasteiger partial charge in [0.05, 0.1) is 12.7 Å². The Hall–Kier alpha value is -1.59. The highest BCUT2D eigenvalue weighted by Crippen LogP contribution is 2.19. The molecule has 0 aromatic heterocycles.